The lowest BCUT2D eigenvalue weighted by molar-refractivity contribution is 0.107. The van der Waals surface area contributed by atoms with Gasteiger partial charge in [-0.05, 0) is 37.4 Å². The van der Waals surface area contributed by atoms with Gasteiger partial charge in [0.1, 0.15) is 47.6 Å². The van der Waals surface area contributed by atoms with Crippen LogP contribution >= 0.6 is 22.9 Å². The van der Waals surface area contributed by atoms with E-state index in [9.17, 15) is 18.4 Å². The first kappa shape index (κ1) is 32.5. The molecule has 3 fully saturated rings. The van der Waals surface area contributed by atoms with Crippen LogP contribution in [0.2, 0.25) is 5.02 Å². The van der Waals surface area contributed by atoms with Crippen LogP contribution in [0.15, 0.2) is 12.1 Å². The average molecular weight is 721 g/mol. The molecule has 6 heterocycles. The smallest absolute Gasteiger partial charge is 0.319 e. The van der Waals surface area contributed by atoms with Crippen LogP contribution in [0.25, 0.3) is 32.1 Å². The van der Waals surface area contributed by atoms with Crippen LogP contribution in [-0.2, 0) is 4.74 Å². The van der Waals surface area contributed by atoms with Crippen LogP contribution in [0.4, 0.5) is 32.8 Å². The highest BCUT2D eigenvalue weighted by molar-refractivity contribution is 7.23. The van der Waals surface area contributed by atoms with E-state index in [2.05, 4.69) is 9.97 Å². The van der Waals surface area contributed by atoms with Crippen molar-refractivity contribution < 1.29 is 36.2 Å². The van der Waals surface area contributed by atoms with Gasteiger partial charge in [-0.1, -0.05) is 17.7 Å². The number of thiophene rings is 1. The zero-order valence-electron chi connectivity index (χ0n) is 26.0. The number of hydrogen-bond acceptors (Lipinski definition) is 10. The maximum Gasteiger partial charge on any atom is 0.319 e. The fourth-order valence-electron chi connectivity index (χ4n) is 8.07. The maximum atomic E-state index is 17.2. The zero-order chi connectivity index (χ0) is 34.2. The number of benzene rings is 2. The predicted molar refractivity (Wildman–Crippen MR) is 175 cm³/mol. The SMILES string of the molecule is N#Cc1c(N)sc2c(F)ccc(-c3c(Cl)c4c5c(nc(OC[C@@]67CCCN6C[C@H](F)C7)nc5c3F)N(CC(F)F)C(C3CCOC3)CO4)c12. The van der Waals surface area contributed by atoms with Crippen LogP contribution in [0.3, 0.4) is 0 Å². The number of fused-ring (bicyclic) bond motifs is 2. The van der Waals surface area contributed by atoms with Crippen molar-refractivity contribution in [3.8, 4) is 29.0 Å². The number of nitriles is 1. The molecule has 0 saturated carbocycles. The summed E-state index contributed by atoms with van der Waals surface area (Å²) in [6.07, 6.45) is -1.46. The van der Waals surface area contributed by atoms with Crippen molar-refractivity contribution in [3.05, 3.63) is 34.4 Å². The first-order valence-electron chi connectivity index (χ1n) is 16.0. The number of aromatic nitrogens is 2. The summed E-state index contributed by atoms with van der Waals surface area (Å²) in [5.74, 6) is -1.95. The Hall–Kier alpha value is -3.71. The summed E-state index contributed by atoms with van der Waals surface area (Å²) in [5, 5.41) is 9.77. The predicted octanol–water partition coefficient (Wildman–Crippen LogP) is 6.72. The van der Waals surface area contributed by atoms with Crippen LogP contribution < -0.4 is 20.1 Å². The number of hydrogen-bond donors (Lipinski definition) is 1. The van der Waals surface area contributed by atoms with E-state index in [1.54, 1.807) is 0 Å². The van der Waals surface area contributed by atoms with Gasteiger partial charge in [-0.15, -0.1) is 11.3 Å². The second-order valence-corrected chi connectivity index (χ2v) is 14.5. The largest absolute Gasteiger partial charge is 0.489 e. The molecule has 0 aliphatic carbocycles. The Morgan fingerprint density at radius 3 is 2.82 bits per heavy atom. The van der Waals surface area contributed by atoms with Gasteiger partial charge in [0.15, 0.2) is 11.6 Å². The summed E-state index contributed by atoms with van der Waals surface area (Å²) in [5.41, 5.74) is 4.94. The molecule has 4 aromatic rings. The Bertz CT molecular complexity index is 2020. The second kappa shape index (κ2) is 12.3. The topological polar surface area (TPSA) is 110 Å². The highest BCUT2D eigenvalue weighted by Crippen LogP contribution is 2.51. The van der Waals surface area contributed by atoms with Gasteiger partial charge >= 0.3 is 6.01 Å². The molecule has 2 N–H and O–H groups in total. The molecule has 2 unspecified atom stereocenters. The molecule has 0 bridgehead atoms. The molecule has 4 aliphatic heterocycles. The number of halogens is 6. The Balaban J connectivity index is 1.36. The minimum absolute atomic E-state index is 0.0107. The van der Waals surface area contributed by atoms with Crippen molar-refractivity contribution in [1.29, 1.82) is 5.26 Å². The lowest BCUT2D eigenvalue weighted by Crippen LogP contribution is -2.47. The van der Waals surface area contributed by atoms with Crippen molar-refractivity contribution in [3.63, 3.8) is 0 Å². The molecule has 49 heavy (non-hydrogen) atoms. The molecule has 0 amide bonds. The lowest BCUT2D eigenvalue weighted by Gasteiger charge is -2.34. The van der Waals surface area contributed by atoms with E-state index in [1.807, 2.05) is 11.0 Å². The van der Waals surface area contributed by atoms with Gasteiger partial charge in [-0.2, -0.15) is 15.2 Å². The highest BCUT2D eigenvalue weighted by Gasteiger charge is 2.49. The third-order valence-corrected chi connectivity index (χ3v) is 11.7. The van der Waals surface area contributed by atoms with Gasteiger partial charge in [0, 0.05) is 36.4 Å². The Morgan fingerprint density at radius 2 is 2.06 bits per heavy atom. The van der Waals surface area contributed by atoms with Gasteiger partial charge in [-0.3, -0.25) is 4.90 Å². The van der Waals surface area contributed by atoms with E-state index in [-0.39, 0.29) is 97.4 Å². The Kier molecular flexibility index (Phi) is 8.13. The molecule has 2 aromatic heterocycles. The molecule has 0 spiro atoms. The Morgan fingerprint density at radius 1 is 1.22 bits per heavy atom. The molecule has 4 aliphatic rings. The number of nitrogens with two attached hydrogens (primary N) is 1. The summed E-state index contributed by atoms with van der Waals surface area (Å²) in [6, 6.07) is 3.46. The van der Waals surface area contributed by atoms with E-state index >= 15 is 8.78 Å². The average Bonchev–Trinajstić information content (AvgIpc) is 3.84. The number of alkyl halides is 3. The van der Waals surface area contributed by atoms with Crippen molar-refractivity contribution in [2.75, 3.05) is 56.7 Å². The quantitative estimate of drug-likeness (QED) is 0.208. The van der Waals surface area contributed by atoms with Crippen LogP contribution in [0.1, 0.15) is 31.2 Å². The molecular weight excluding hydrogens is 691 g/mol. The lowest BCUT2D eigenvalue weighted by atomic mass is 9.95. The van der Waals surface area contributed by atoms with E-state index in [4.69, 9.17) is 31.5 Å². The second-order valence-electron chi connectivity index (χ2n) is 13.0. The molecule has 0 radical (unpaired) electrons. The van der Waals surface area contributed by atoms with Gasteiger partial charge in [0.2, 0.25) is 0 Å². The van der Waals surface area contributed by atoms with E-state index in [1.165, 1.54) is 11.0 Å². The molecule has 9 nitrogen and oxygen atoms in total. The van der Waals surface area contributed by atoms with E-state index in [0.717, 1.165) is 23.8 Å². The summed E-state index contributed by atoms with van der Waals surface area (Å²) < 4.78 is 93.4. The third kappa shape index (κ3) is 5.21. The minimum atomic E-state index is -2.80. The van der Waals surface area contributed by atoms with Crippen LogP contribution in [0.5, 0.6) is 11.8 Å². The highest BCUT2D eigenvalue weighted by atomic mass is 35.5. The number of anilines is 2. The third-order valence-electron chi connectivity index (χ3n) is 10.3. The monoisotopic (exact) mass is 720 g/mol. The molecular formula is C33H30ClF5N6O3S. The zero-order valence-corrected chi connectivity index (χ0v) is 27.5. The van der Waals surface area contributed by atoms with Gasteiger partial charge in [-0.25, -0.2) is 22.0 Å². The minimum Gasteiger partial charge on any atom is -0.489 e. The number of rotatable bonds is 7. The number of nitrogens with zero attached hydrogens (tertiary/aromatic N) is 5. The molecule has 8 rings (SSSR count). The molecule has 16 heteroatoms. The van der Waals surface area contributed by atoms with Crippen molar-refractivity contribution in [2.24, 2.45) is 5.92 Å². The van der Waals surface area contributed by atoms with Gasteiger partial charge < -0.3 is 24.8 Å². The normalized spacial score (nSPS) is 25.3. The number of ether oxygens (including phenoxy) is 3. The summed E-state index contributed by atoms with van der Waals surface area (Å²) >= 11 is 7.83. The molecule has 4 atom stereocenters. The molecule has 2 aromatic carbocycles. The van der Waals surface area contributed by atoms with Crippen LogP contribution in [-0.4, -0.2) is 85.1 Å². The Labute approximate surface area is 286 Å². The summed E-state index contributed by atoms with van der Waals surface area (Å²) in [6.45, 7) is 0.860. The first-order chi connectivity index (χ1) is 23.6. The maximum absolute atomic E-state index is 17.2. The summed E-state index contributed by atoms with van der Waals surface area (Å²) in [7, 11) is 0. The van der Waals surface area contributed by atoms with Gasteiger partial charge in [0.05, 0.1) is 45.4 Å². The van der Waals surface area contributed by atoms with Crippen molar-refractivity contribution in [2.45, 2.75) is 49.9 Å². The molecule has 258 valence electrons. The first-order valence-corrected chi connectivity index (χ1v) is 17.2. The van der Waals surface area contributed by atoms with E-state index < -0.39 is 42.4 Å². The fraction of sp³-hybridized carbons (Fsp3) is 0.485. The van der Waals surface area contributed by atoms with E-state index in [0.29, 0.717) is 32.6 Å². The summed E-state index contributed by atoms with van der Waals surface area (Å²) in [4.78, 5) is 12.5. The van der Waals surface area contributed by atoms with Crippen molar-refractivity contribution in [1.82, 2.24) is 14.9 Å². The van der Waals surface area contributed by atoms with Gasteiger partial charge in [0.25, 0.3) is 6.43 Å². The van der Waals surface area contributed by atoms with Crippen LogP contribution in [0, 0.1) is 28.9 Å². The number of nitrogen functional groups attached to an aromatic ring is 1. The fourth-order valence-corrected chi connectivity index (χ4v) is 9.35. The van der Waals surface area contributed by atoms with Crippen molar-refractivity contribution >= 4 is 54.7 Å². The standard InChI is InChI=1S/C33H30ClF5N6O3S/c34-25-23(17-2-3-19(36)29-22(17)18(9-40)30(41)49-29)26(39)27-24-28(25)47-13-20(15-4-7-46-12-15)45(11-21(37)38)31(24)43-32(42-27)48-14-33-5-1-6-44(33)10-16(35)8-33/h2-3,15-16,20-21H,1,4-8,10-14,41H2/t15?,16-,20?,33+/m1/s1. The molecule has 3 saturated heterocycles.